The smallest absolute Gasteiger partial charge is 0.329 e. The molecule has 3 aromatic heterocycles. The molecule has 0 spiro atoms. The van der Waals surface area contributed by atoms with Crippen LogP contribution in [0.4, 0.5) is 0 Å². The number of halogens is 1. The number of hydrogen-bond donors (Lipinski definition) is 11. The summed E-state index contributed by atoms with van der Waals surface area (Å²) in [4.78, 5) is 135. The molecule has 9 atom stereocenters. The van der Waals surface area contributed by atoms with E-state index in [4.69, 9.17) is 59.2 Å². The Morgan fingerprint density at radius 2 is 0.679 bits per heavy atom. The van der Waals surface area contributed by atoms with E-state index in [1.165, 1.54) is 14.7 Å². The predicted molar refractivity (Wildman–Crippen MR) is 503 cm³/mol. The van der Waals surface area contributed by atoms with E-state index < -0.39 is 100 Å². The molecule has 0 unspecified atom stereocenters. The van der Waals surface area contributed by atoms with Crippen LogP contribution >= 0.6 is 46.4 Å². The van der Waals surface area contributed by atoms with Gasteiger partial charge in [0, 0.05) is 78.3 Å². The van der Waals surface area contributed by atoms with Crippen LogP contribution < -0.4 is 38.1 Å². The molecule has 39 heteroatoms. The first-order valence-electron chi connectivity index (χ1n) is 44.1. The van der Waals surface area contributed by atoms with Gasteiger partial charge in [0.2, 0.25) is 47.3 Å². The summed E-state index contributed by atoms with van der Waals surface area (Å²) in [5, 5.41) is 53.3. The Hall–Kier alpha value is -8.49. The molecule has 3 aliphatic rings. The first-order valence-corrected chi connectivity index (χ1v) is 46.7. The fraction of sp³-hybridized carbons (Fsp3) is 0.609. The van der Waals surface area contributed by atoms with Crippen molar-refractivity contribution in [2.45, 2.75) is 203 Å². The summed E-state index contributed by atoms with van der Waals surface area (Å²) >= 11 is 4.75. The van der Waals surface area contributed by atoms with Gasteiger partial charge in [0.25, 0.3) is 0 Å². The standard InChI is InChI=1S/C31H46N4O7S.C30H45N5O7S.C22H30N4O3S.C9H18O5.ClH/c1-6-11-40-12-13-41-14-15-42-19-26(37)34-28(31(3,4)5)30(39)35-18-24(36)16-25(35)29(38)32-17-22-7-9-23(10-8-22)27-21(2)33-20-43-27;1-20-26(43-19-33-20)22-7-5-21(6-8-22)16-32-28(38)24-15-23(36)17-35(24)29(39)27(30(2,3)4)34-25(37)18-42-14-13-41-12-11-40-10-9-31;1-13-18(30-12-25-13)15-7-5-14(6-8-15)10-24-20(28)17-9-16(27)11-26(17)21(29)19(23)22(2,3)4;1-2-3-12-4-5-13-6-7-14-8-9(10)11;/h7-10,20,24-25,28,36H,6,11-19H2,1-5H3,(H,32,38)(H,34,37);5-8,19,23-24,27,36H,9-18,31H2,1-4H3,(H,32,38)(H,34,37);5-8,12,16-17,19,27H,9-11,23H2,1-4H3,(H,24,28);2-8H2,1H3,(H,10,11);1H/t24-,25+,28-;23-,24+,27-;16-,17+,19-;;/m111../s1. The van der Waals surface area contributed by atoms with Crippen molar-refractivity contribution >= 4 is 99.6 Å². The van der Waals surface area contributed by atoms with Crippen LogP contribution in [0.5, 0.6) is 0 Å². The number of aliphatic hydroxyl groups excluding tert-OH is 3. The summed E-state index contributed by atoms with van der Waals surface area (Å²) in [6, 6.07) is 18.7. The van der Waals surface area contributed by atoms with Gasteiger partial charge in [0.05, 0.1) is 158 Å². The Morgan fingerprint density at radius 3 is 0.931 bits per heavy atom. The van der Waals surface area contributed by atoms with E-state index in [0.717, 1.165) is 84.5 Å². The molecular weight excluding hydrogens is 1770 g/mol. The van der Waals surface area contributed by atoms with Gasteiger partial charge in [0.15, 0.2) is 0 Å². The fourth-order valence-corrected chi connectivity index (χ4v) is 16.1. The minimum absolute atomic E-state index is 0. The van der Waals surface area contributed by atoms with Crippen molar-refractivity contribution in [3.05, 3.63) is 123 Å². The Bertz CT molecular complexity index is 4230. The quantitative estimate of drug-likeness (QED) is 0.0172. The van der Waals surface area contributed by atoms with E-state index in [-0.39, 0.29) is 121 Å². The number of hydrogen-bond acceptors (Lipinski definition) is 29. The molecule has 131 heavy (non-hydrogen) atoms. The minimum Gasteiger partial charge on any atom is -0.480 e. The number of nitrogens with zero attached hydrogens (tertiary/aromatic N) is 6. The van der Waals surface area contributed by atoms with Gasteiger partial charge in [-0.2, -0.15) is 0 Å². The molecule has 35 nitrogen and oxygen atoms in total. The third kappa shape index (κ3) is 39.5. The molecule has 0 saturated carbocycles. The normalized spacial score (nSPS) is 17.3. The summed E-state index contributed by atoms with van der Waals surface area (Å²) in [5.41, 5.74) is 24.1. The monoisotopic (exact) mass is 1910 g/mol. The van der Waals surface area contributed by atoms with Crippen molar-refractivity contribution in [1.82, 2.24) is 56.2 Å². The highest BCUT2D eigenvalue weighted by atomic mass is 35.5. The van der Waals surface area contributed by atoms with Gasteiger partial charge in [-0.25, -0.2) is 19.7 Å². The van der Waals surface area contributed by atoms with Crippen LogP contribution in [0.15, 0.2) is 89.3 Å². The van der Waals surface area contributed by atoms with Gasteiger partial charge in [-0.05, 0) is 83.2 Å². The first kappa shape index (κ1) is 113. The molecule has 9 rings (SSSR count). The molecule has 0 aliphatic carbocycles. The number of carboxylic acids is 1. The van der Waals surface area contributed by atoms with Gasteiger partial charge in [-0.15, -0.1) is 46.4 Å². The highest BCUT2D eigenvalue weighted by Gasteiger charge is 2.47. The third-order valence-electron chi connectivity index (χ3n) is 20.8. The number of aliphatic hydroxyl groups is 3. The molecule has 6 heterocycles. The zero-order valence-electron chi connectivity index (χ0n) is 78.2. The van der Waals surface area contributed by atoms with Crippen molar-refractivity contribution < 1.29 is 106 Å². The number of nitrogens with two attached hydrogens (primary N) is 2. The van der Waals surface area contributed by atoms with Crippen molar-refractivity contribution in [1.29, 1.82) is 0 Å². The molecular formula is C92H140ClN13O22S3. The molecule has 0 radical (unpaired) electrons. The fourth-order valence-electron chi connectivity index (χ4n) is 13.7. The van der Waals surface area contributed by atoms with Crippen LogP contribution in [0.3, 0.4) is 0 Å². The molecule has 3 aromatic carbocycles. The number of aromatic nitrogens is 3. The first-order chi connectivity index (χ1) is 61.9. The van der Waals surface area contributed by atoms with Crippen LogP contribution in [-0.4, -0.2) is 303 Å². The van der Waals surface area contributed by atoms with E-state index >= 15 is 0 Å². The van der Waals surface area contributed by atoms with E-state index in [0.29, 0.717) is 92.4 Å². The second kappa shape index (κ2) is 58.6. The van der Waals surface area contributed by atoms with Crippen LogP contribution in [0.2, 0.25) is 0 Å². The number of carbonyl (C=O) groups is 9. The lowest BCUT2D eigenvalue weighted by molar-refractivity contribution is -0.144. The number of β-amino-alcohol motifs (C(OH)–C–C–N with tert-alkyl or cyclic N) is 3. The number of nitrogens with one attached hydrogen (secondary N) is 5. The van der Waals surface area contributed by atoms with E-state index in [2.05, 4.69) is 41.5 Å². The van der Waals surface area contributed by atoms with Crippen LogP contribution in [0.1, 0.15) is 142 Å². The molecule has 730 valence electrons. The van der Waals surface area contributed by atoms with E-state index in [1.54, 1.807) is 34.0 Å². The number of ether oxygens (including phenoxy) is 9. The summed E-state index contributed by atoms with van der Waals surface area (Å²) in [6.45, 7) is 33.9. The van der Waals surface area contributed by atoms with Crippen molar-refractivity contribution in [2.75, 3.05) is 145 Å². The van der Waals surface area contributed by atoms with Crippen molar-refractivity contribution in [3.63, 3.8) is 0 Å². The number of carboxylic acid groups (broad SMARTS) is 1. The lowest BCUT2D eigenvalue weighted by Gasteiger charge is -2.35. The predicted octanol–water partition coefficient (Wildman–Crippen LogP) is 6.95. The summed E-state index contributed by atoms with van der Waals surface area (Å²) in [5.74, 6) is -4.00. The van der Waals surface area contributed by atoms with Gasteiger partial charge < -0.3 is 116 Å². The van der Waals surface area contributed by atoms with Crippen molar-refractivity contribution in [3.8, 4) is 31.3 Å². The Kier molecular flexibility index (Phi) is 50.6. The minimum atomic E-state index is -0.962. The number of rotatable bonds is 47. The maximum atomic E-state index is 13.7. The molecule has 0 bridgehead atoms. The lowest BCUT2D eigenvalue weighted by atomic mass is 9.85. The molecule has 8 amide bonds. The van der Waals surface area contributed by atoms with E-state index in [9.17, 15) is 58.5 Å². The number of likely N-dealkylation sites (tertiary alicyclic amines) is 3. The second-order valence-electron chi connectivity index (χ2n) is 34.8. The van der Waals surface area contributed by atoms with Gasteiger partial charge in [0.1, 0.15) is 50.0 Å². The van der Waals surface area contributed by atoms with Gasteiger partial charge >= 0.3 is 5.97 Å². The zero-order valence-corrected chi connectivity index (χ0v) is 81.4. The number of benzene rings is 3. The number of aryl methyl sites for hydroxylation is 3. The molecule has 3 aliphatic heterocycles. The molecule has 3 fully saturated rings. The van der Waals surface area contributed by atoms with Crippen molar-refractivity contribution in [2.24, 2.45) is 27.7 Å². The maximum absolute atomic E-state index is 13.7. The largest absolute Gasteiger partial charge is 0.480 e. The van der Waals surface area contributed by atoms with Gasteiger partial charge in [-0.3, -0.25) is 38.4 Å². The molecule has 6 aromatic rings. The highest BCUT2D eigenvalue weighted by Crippen LogP contribution is 2.33. The summed E-state index contributed by atoms with van der Waals surface area (Å²) < 4.78 is 47.2. The third-order valence-corrected chi connectivity index (χ3v) is 23.7. The Morgan fingerprint density at radius 1 is 0.412 bits per heavy atom. The van der Waals surface area contributed by atoms with Gasteiger partial charge in [-0.1, -0.05) is 149 Å². The summed E-state index contributed by atoms with van der Waals surface area (Å²) in [7, 11) is 0. The van der Waals surface area contributed by atoms with E-state index in [1.807, 2.05) is 186 Å². The number of carbonyl (C=O) groups excluding carboxylic acids is 8. The average molecular weight is 1910 g/mol. The zero-order chi connectivity index (χ0) is 95.5. The maximum Gasteiger partial charge on any atom is 0.329 e. The van der Waals surface area contributed by atoms with Crippen LogP contribution in [0.25, 0.3) is 31.3 Å². The summed E-state index contributed by atoms with van der Waals surface area (Å²) in [6.07, 6.45) is 0.00598. The Labute approximate surface area is 788 Å². The molecule has 13 N–H and O–H groups in total. The highest BCUT2D eigenvalue weighted by molar-refractivity contribution is 7.14. The Balaban J connectivity index is 0.000000326. The average Bonchev–Trinajstić information content (AvgIpc) is 1.66. The topological polar surface area (TPSA) is 478 Å². The SMILES string of the molecule is CCCOCCOCCOCC(=O)N[C@H](C(=O)N1C[C@H](O)C[C@H]1C(=O)NCc1ccc(-c2scnc2C)cc1)C(C)(C)C.CCCOCCOCCOCC(=O)O.Cc1ncsc1-c1ccc(CNC(=O)[C@@H]2C[C@@H](O)CN2C(=O)[C@@H](N)C(C)(C)C)cc1.Cc1ncsc1-c1ccc(CNC(=O)[C@@H]2C[C@@H](O)CN2C(=O)[C@@H](NC(=O)COCCOCCOCCN)C(C)(C)C)cc1.Cl. The molecule has 3 saturated heterocycles. The second-order valence-corrected chi connectivity index (χ2v) is 37.4. The number of aliphatic carboxylic acids is 1. The van der Waals surface area contributed by atoms with Crippen LogP contribution in [0, 0.1) is 37.0 Å². The lowest BCUT2D eigenvalue weighted by Crippen LogP contribution is -2.58. The van der Waals surface area contributed by atoms with Crippen LogP contribution in [-0.2, 0) is 105 Å². The number of amides is 8. The number of thiazole rings is 3.